The van der Waals surface area contributed by atoms with Crippen LogP contribution in [0, 0.1) is 0 Å². The molecule has 2 heteroatoms. The van der Waals surface area contributed by atoms with Gasteiger partial charge in [-0.05, 0) is 41.3 Å². The van der Waals surface area contributed by atoms with E-state index >= 15 is 0 Å². The third-order valence-corrected chi connectivity index (χ3v) is 5.46. The van der Waals surface area contributed by atoms with E-state index in [0.717, 1.165) is 22.0 Å². The van der Waals surface area contributed by atoms with Crippen molar-refractivity contribution >= 4 is 67.0 Å². The van der Waals surface area contributed by atoms with Crippen LogP contribution in [0.3, 0.4) is 0 Å². The Labute approximate surface area is 143 Å². The second-order valence-electron chi connectivity index (χ2n) is 6.68. The maximum Gasteiger partial charge on any atom is 0.136 e. The maximum absolute atomic E-state index is 6.13. The van der Waals surface area contributed by atoms with Crippen molar-refractivity contribution in [3.05, 3.63) is 59.1 Å². The first kappa shape index (κ1) is 13.1. The lowest BCUT2D eigenvalue weighted by Gasteiger charge is -2.09. The summed E-state index contributed by atoms with van der Waals surface area (Å²) in [4.78, 5) is 3.44. The number of benzene rings is 4. The molecular weight excluding hydrogens is 306 g/mol. The third-order valence-electron chi connectivity index (χ3n) is 5.46. The highest BCUT2D eigenvalue weighted by Crippen LogP contribution is 2.43. The molecule has 0 saturated heterocycles. The van der Waals surface area contributed by atoms with E-state index in [1.165, 1.54) is 42.9 Å². The van der Waals surface area contributed by atoms with E-state index in [9.17, 15) is 0 Å². The summed E-state index contributed by atoms with van der Waals surface area (Å²) in [6.45, 7) is 6.27. The number of aromatic amines is 1. The first-order chi connectivity index (χ1) is 12.3. The SMILES string of the molecule is C=c1[nH]c2ccc3c4cccc5oc6cccc(c3c2/c1=C/C)c6c54. The summed E-state index contributed by atoms with van der Waals surface area (Å²) in [6, 6.07) is 17.1. The zero-order chi connectivity index (χ0) is 16.7. The van der Waals surface area contributed by atoms with E-state index in [2.05, 4.69) is 73.1 Å². The van der Waals surface area contributed by atoms with Crippen LogP contribution in [-0.4, -0.2) is 4.98 Å². The van der Waals surface area contributed by atoms with Gasteiger partial charge in [-0.2, -0.15) is 0 Å². The van der Waals surface area contributed by atoms with Gasteiger partial charge in [0, 0.05) is 37.6 Å². The van der Waals surface area contributed by atoms with Gasteiger partial charge < -0.3 is 9.40 Å². The Morgan fingerprint density at radius 2 is 1.48 bits per heavy atom. The highest BCUT2D eigenvalue weighted by atomic mass is 16.3. The summed E-state index contributed by atoms with van der Waals surface area (Å²) in [5, 5.41) is 10.9. The van der Waals surface area contributed by atoms with Crippen LogP contribution in [0.1, 0.15) is 6.92 Å². The number of rotatable bonds is 0. The van der Waals surface area contributed by atoms with Crippen LogP contribution in [-0.2, 0) is 0 Å². The normalized spacial score (nSPS) is 13.4. The quantitative estimate of drug-likeness (QED) is 0.391. The molecule has 6 aromatic rings. The van der Waals surface area contributed by atoms with Crippen molar-refractivity contribution in [1.29, 1.82) is 0 Å². The number of nitrogens with one attached hydrogen (secondary N) is 1. The lowest BCUT2D eigenvalue weighted by atomic mass is 9.92. The number of H-pyrrole nitrogens is 1. The van der Waals surface area contributed by atoms with Crippen LogP contribution >= 0.6 is 0 Å². The predicted octanol–water partition coefficient (Wildman–Crippen LogP) is 5.02. The zero-order valence-electron chi connectivity index (χ0n) is 13.8. The molecule has 4 aromatic carbocycles. The van der Waals surface area contributed by atoms with Crippen molar-refractivity contribution < 1.29 is 4.42 Å². The van der Waals surface area contributed by atoms with Gasteiger partial charge in [-0.3, -0.25) is 0 Å². The first-order valence-corrected chi connectivity index (χ1v) is 8.53. The molecule has 0 saturated carbocycles. The van der Waals surface area contributed by atoms with Crippen molar-refractivity contribution in [2.45, 2.75) is 6.92 Å². The van der Waals surface area contributed by atoms with Crippen molar-refractivity contribution in [2.75, 3.05) is 0 Å². The molecule has 0 bridgehead atoms. The van der Waals surface area contributed by atoms with Crippen molar-refractivity contribution in [1.82, 2.24) is 4.98 Å². The van der Waals surface area contributed by atoms with Gasteiger partial charge >= 0.3 is 0 Å². The van der Waals surface area contributed by atoms with E-state index in [4.69, 9.17) is 4.42 Å². The molecule has 25 heavy (non-hydrogen) atoms. The van der Waals surface area contributed by atoms with Gasteiger partial charge in [-0.1, -0.05) is 43.0 Å². The Morgan fingerprint density at radius 1 is 0.800 bits per heavy atom. The van der Waals surface area contributed by atoms with E-state index in [0.29, 0.717) is 0 Å². The fourth-order valence-corrected chi connectivity index (χ4v) is 4.49. The van der Waals surface area contributed by atoms with Crippen LogP contribution in [0.25, 0.3) is 67.0 Å². The molecule has 6 rings (SSSR count). The van der Waals surface area contributed by atoms with E-state index in [-0.39, 0.29) is 0 Å². The Balaban J connectivity index is 2.14. The van der Waals surface area contributed by atoms with E-state index < -0.39 is 0 Å². The largest absolute Gasteiger partial charge is 0.456 e. The summed E-state index contributed by atoms with van der Waals surface area (Å²) in [7, 11) is 0. The summed E-state index contributed by atoms with van der Waals surface area (Å²) >= 11 is 0. The summed E-state index contributed by atoms with van der Waals surface area (Å²) in [6.07, 6.45) is 2.15. The van der Waals surface area contributed by atoms with Crippen LogP contribution in [0.2, 0.25) is 0 Å². The van der Waals surface area contributed by atoms with Gasteiger partial charge in [0.2, 0.25) is 0 Å². The van der Waals surface area contributed by atoms with Gasteiger partial charge in [0.1, 0.15) is 11.2 Å². The summed E-state index contributed by atoms with van der Waals surface area (Å²) in [5.74, 6) is 0. The van der Waals surface area contributed by atoms with Crippen LogP contribution in [0.5, 0.6) is 0 Å². The minimum Gasteiger partial charge on any atom is -0.456 e. The lowest BCUT2D eigenvalue weighted by molar-refractivity contribution is 0.669. The van der Waals surface area contributed by atoms with Gasteiger partial charge in [0.05, 0.1) is 0 Å². The van der Waals surface area contributed by atoms with Gasteiger partial charge in [-0.25, -0.2) is 0 Å². The molecule has 118 valence electrons. The Hall–Kier alpha value is -3.26. The van der Waals surface area contributed by atoms with Gasteiger partial charge in [0.25, 0.3) is 0 Å². The standard InChI is InChI=1S/C23H15NO/c1-3-13-12(2)24-17-11-10-15-14-6-4-8-18-22(14)23-16(20(15)21(13)17)7-5-9-19(23)25-18/h3-11,24H,2H2,1H3/b13-3+. The number of fused-ring (bicyclic) bond motifs is 5. The second kappa shape index (κ2) is 4.22. The highest BCUT2D eigenvalue weighted by molar-refractivity contribution is 6.36. The maximum atomic E-state index is 6.13. The molecule has 2 heterocycles. The molecule has 0 atom stereocenters. The Morgan fingerprint density at radius 3 is 2.24 bits per heavy atom. The smallest absolute Gasteiger partial charge is 0.136 e. The van der Waals surface area contributed by atoms with Crippen molar-refractivity contribution in [3.63, 3.8) is 0 Å². The molecule has 0 radical (unpaired) electrons. The monoisotopic (exact) mass is 321 g/mol. The minimum atomic E-state index is 0.954. The Bertz CT molecular complexity index is 1560. The predicted molar refractivity (Wildman–Crippen MR) is 107 cm³/mol. The van der Waals surface area contributed by atoms with Crippen molar-refractivity contribution in [2.24, 2.45) is 0 Å². The van der Waals surface area contributed by atoms with E-state index in [1.54, 1.807) is 0 Å². The number of aromatic nitrogens is 1. The fourth-order valence-electron chi connectivity index (χ4n) is 4.49. The third kappa shape index (κ3) is 1.42. The Kier molecular flexibility index (Phi) is 2.21. The molecule has 2 nitrogen and oxygen atoms in total. The molecule has 2 aromatic heterocycles. The fraction of sp³-hybridized carbons (Fsp3) is 0.0435. The zero-order valence-corrected chi connectivity index (χ0v) is 13.8. The van der Waals surface area contributed by atoms with Crippen molar-refractivity contribution in [3.8, 4) is 0 Å². The molecule has 0 aliphatic heterocycles. The topological polar surface area (TPSA) is 28.9 Å². The minimum absolute atomic E-state index is 0.954. The van der Waals surface area contributed by atoms with Crippen LogP contribution in [0.4, 0.5) is 0 Å². The summed E-state index contributed by atoms with van der Waals surface area (Å²) < 4.78 is 6.13. The van der Waals surface area contributed by atoms with Gasteiger partial charge in [0.15, 0.2) is 0 Å². The molecule has 0 spiro atoms. The first-order valence-electron chi connectivity index (χ1n) is 8.53. The molecule has 0 aliphatic rings. The molecule has 0 amide bonds. The molecule has 0 unspecified atom stereocenters. The molecule has 0 aliphatic carbocycles. The number of hydrogen-bond acceptors (Lipinski definition) is 1. The molecule has 1 N–H and O–H groups in total. The second-order valence-corrected chi connectivity index (χ2v) is 6.68. The number of furan rings is 1. The molecule has 0 fully saturated rings. The summed E-state index contributed by atoms with van der Waals surface area (Å²) in [5.41, 5.74) is 3.04. The van der Waals surface area contributed by atoms with Crippen LogP contribution in [0.15, 0.2) is 52.9 Å². The average molecular weight is 321 g/mol. The lowest BCUT2D eigenvalue weighted by Crippen LogP contribution is -2.20. The number of hydrogen-bond donors (Lipinski definition) is 1. The highest BCUT2D eigenvalue weighted by Gasteiger charge is 2.18. The average Bonchev–Trinajstić information content (AvgIpc) is 3.17. The van der Waals surface area contributed by atoms with E-state index in [1.807, 2.05) is 0 Å². The van der Waals surface area contributed by atoms with Crippen LogP contribution < -0.4 is 10.6 Å². The molecular formula is C23H15NO. The van der Waals surface area contributed by atoms with Gasteiger partial charge in [-0.15, -0.1) is 0 Å².